The van der Waals surface area contributed by atoms with Crippen LogP contribution in [0.1, 0.15) is 52.9 Å². The van der Waals surface area contributed by atoms with Crippen molar-refractivity contribution in [2.24, 2.45) is 11.8 Å². The normalized spacial score (nSPS) is 28.6. The summed E-state index contributed by atoms with van der Waals surface area (Å²) in [5, 5.41) is 3.69. The average molecular weight is 183 g/mol. The highest BCUT2D eigenvalue weighted by Crippen LogP contribution is 2.30. The quantitative estimate of drug-likeness (QED) is 0.690. The van der Waals surface area contributed by atoms with Crippen LogP contribution >= 0.6 is 0 Å². The monoisotopic (exact) mass is 183 g/mol. The van der Waals surface area contributed by atoms with E-state index in [1.54, 1.807) is 0 Å². The molecular weight excluding hydrogens is 158 g/mol. The first-order valence-electron chi connectivity index (χ1n) is 5.97. The van der Waals surface area contributed by atoms with Crippen LogP contribution in [-0.4, -0.2) is 12.6 Å². The molecule has 1 aliphatic carbocycles. The zero-order chi connectivity index (χ0) is 9.68. The largest absolute Gasteiger partial charge is 0.314 e. The second kappa shape index (κ2) is 5.64. The Balaban J connectivity index is 2.26. The summed E-state index contributed by atoms with van der Waals surface area (Å²) in [6, 6.07) is 0.836. The van der Waals surface area contributed by atoms with Gasteiger partial charge in [0.15, 0.2) is 0 Å². The molecule has 0 saturated heterocycles. The molecule has 0 aromatic heterocycles. The van der Waals surface area contributed by atoms with E-state index in [-0.39, 0.29) is 0 Å². The predicted octanol–water partition coefficient (Wildman–Crippen LogP) is 3.20. The smallest absolute Gasteiger partial charge is 0.00954 e. The fourth-order valence-corrected chi connectivity index (χ4v) is 2.52. The fourth-order valence-electron chi connectivity index (χ4n) is 2.52. The maximum absolute atomic E-state index is 3.69. The molecule has 78 valence electrons. The average Bonchev–Trinajstić information content (AvgIpc) is 2.48. The van der Waals surface area contributed by atoms with E-state index in [0.717, 1.165) is 17.9 Å². The zero-order valence-corrected chi connectivity index (χ0v) is 9.47. The lowest BCUT2D eigenvalue weighted by molar-refractivity contribution is 0.339. The van der Waals surface area contributed by atoms with Crippen LogP contribution in [0.15, 0.2) is 0 Å². The minimum absolute atomic E-state index is 0.836. The summed E-state index contributed by atoms with van der Waals surface area (Å²) in [6.45, 7) is 8.14. The van der Waals surface area contributed by atoms with Crippen LogP contribution in [0.5, 0.6) is 0 Å². The van der Waals surface area contributed by atoms with Crippen molar-refractivity contribution in [3.63, 3.8) is 0 Å². The van der Waals surface area contributed by atoms with Gasteiger partial charge in [0.25, 0.3) is 0 Å². The first-order valence-corrected chi connectivity index (χ1v) is 5.97. The van der Waals surface area contributed by atoms with Crippen molar-refractivity contribution in [2.75, 3.05) is 6.54 Å². The molecule has 2 atom stereocenters. The van der Waals surface area contributed by atoms with Gasteiger partial charge in [-0.3, -0.25) is 0 Å². The first-order chi connectivity index (χ1) is 6.24. The third kappa shape index (κ3) is 3.68. The van der Waals surface area contributed by atoms with Crippen molar-refractivity contribution in [3.05, 3.63) is 0 Å². The van der Waals surface area contributed by atoms with Crippen LogP contribution in [0.25, 0.3) is 0 Å². The predicted molar refractivity (Wildman–Crippen MR) is 58.9 cm³/mol. The Morgan fingerprint density at radius 2 is 2.08 bits per heavy atom. The van der Waals surface area contributed by atoms with Gasteiger partial charge >= 0.3 is 0 Å². The molecule has 0 amide bonds. The molecule has 1 aliphatic rings. The molecule has 0 bridgehead atoms. The highest BCUT2D eigenvalue weighted by atomic mass is 14.9. The van der Waals surface area contributed by atoms with Crippen LogP contribution in [0.3, 0.4) is 0 Å². The molecule has 13 heavy (non-hydrogen) atoms. The molecular formula is C12H25N. The highest BCUT2D eigenvalue weighted by molar-refractivity contribution is 4.83. The zero-order valence-electron chi connectivity index (χ0n) is 9.47. The van der Waals surface area contributed by atoms with Crippen molar-refractivity contribution < 1.29 is 0 Å². The van der Waals surface area contributed by atoms with Gasteiger partial charge in [-0.05, 0) is 44.1 Å². The van der Waals surface area contributed by atoms with Crippen molar-refractivity contribution >= 4 is 0 Å². The summed E-state index contributed by atoms with van der Waals surface area (Å²) < 4.78 is 0. The lowest BCUT2D eigenvalue weighted by Crippen LogP contribution is -2.33. The van der Waals surface area contributed by atoms with Gasteiger partial charge in [0.2, 0.25) is 0 Å². The van der Waals surface area contributed by atoms with Gasteiger partial charge in [-0.2, -0.15) is 0 Å². The van der Waals surface area contributed by atoms with Gasteiger partial charge in [-0.15, -0.1) is 0 Å². The summed E-state index contributed by atoms with van der Waals surface area (Å²) in [5.41, 5.74) is 0. The molecule has 0 radical (unpaired) electrons. The molecule has 1 nitrogen and oxygen atoms in total. The molecule has 2 unspecified atom stereocenters. The Kier molecular flexibility index (Phi) is 4.79. The Morgan fingerprint density at radius 1 is 1.31 bits per heavy atom. The molecule has 0 heterocycles. The summed E-state index contributed by atoms with van der Waals surface area (Å²) >= 11 is 0. The first kappa shape index (κ1) is 11.0. The molecule has 0 aromatic carbocycles. The number of rotatable bonds is 5. The molecule has 1 saturated carbocycles. The highest BCUT2D eigenvalue weighted by Gasteiger charge is 2.26. The van der Waals surface area contributed by atoms with Crippen LogP contribution in [0.4, 0.5) is 0 Å². The van der Waals surface area contributed by atoms with Crippen LogP contribution in [-0.2, 0) is 0 Å². The lowest BCUT2D eigenvalue weighted by atomic mass is 9.93. The Hall–Kier alpha value is -0.0400. The van der Waals surface area contributed by atoms with Crippen LogP contribution in [0, 0.1) is 11.8 Å². The van der Waals surface area contributed by atoms with E-state index in [4.69, 9.17) is 0 Å². The minimum atomic E-state index is 0.836. The maximum Gasteiger partial charge on any atom is 0.00954 e. The van der Waals surface area contributed by atoms with E-state index in [9.17, 15) is 0 Å². The topological polar surface area (TPSA) is 12.0 Å². The Labute approximate surface area is 83.3 Å². The van der Waals surface area contributed by atoms with Crippen LogP contribution < -0.4 is 5.32 Å². The maximum atomic E-state index is 3.69. The van der Waals surface area contributed by atoms with Crippen LogP contribution in [0.2, 0.25) is 0 Å². The minimum Gasteiger partial charge on any atom is -0.314 e. The summed E-state index contributed by atoms with van der Waals surface area (Å²) in [5.74, 6) is 1.83. The number of nitrogens with one attached hydrogen (secondary N) is 1. The summed E-state index contributed by atoms with van der Waals surface area (Å²) in [4.78, 5) is 0. The number of hydrogen-bond donors (Lipinski definition) is 1. The van der Waals surface area contributed by atoms with Gasteiger partial charge in [0, 0.05) is 6.04 Å². The molecule has 0 spiro atoms. The molecule has 1 fully saturated rings. The van der Waals surface area contributed by atoms with Gasteiger partial charge in [-0.25, -0.2) is 0 Å². The molecule has 1 N–H and O–H groups in total. The third-order valence-electron chi connectivity index (χ3n) is 3.09. The second-order valence-electron chi connectivity index (χ2n) is 4.88. The van der Waals surface area contributed by atoms with E-state index in [1.165, 1.54) is 38.6 Å². The van der Waals surface area contributed by atoms with E-state index < -0.39 is 0 Å². The van der Waals surface area contributed by atoms with Gasteiger partial charge in [0.05, 0.1) is 0 Å². The Bertz CT molecular complexity index is 131. The van der Waals surface area contributed by atoms with Gasteiger partial charge in [0.1, 0.15) is 0 Å². The third-order valence-corrected chi connectivity index (χ3v) is 3.09. The van der Waals surface area contributed by atoms with E-state index in [0.29, 0.717) is 0 Å². The molecule has 0 aliphatic heterocycles. The van der Waals surface area contributed by atoms with Crippen molar-refractivity contribution in [3.8, 4) is 0 Å². The standard InChI is InChI=1S/C12H25N/c1-4-8-13-12-7-5-6-11(12)9-10(2)3/h10-13H,4-9H2,1-3H3. The van der Waals surface area contributed by atoms with E-state index in [2.05, 4.69) is 26.1 Å². The van der Waals surface area contributed by atoms with Crippen molar-refractivity contribution in [1.82, 2.24) is 5.32 Å². The molecule has 1 heteroatoms. The Morgan fingerprint density at radius 3 is 2.69 bits per heavy atom. The molecule has 1 rings (SSSR count). The van der Waals surface area contributed by atoms with Crippen molar-refractivity contribution in [1.29, 1.82) is 0 Å². The summed E-state index contributed by atoms with van der Waals surface area (Å²) in [6.07, 6.45) is 7.00. The second-order valence-corrected chi connectivity index (χ2v) is 4.88. The van der Waals surface area contributed by atoms with E-state index >= 15 is 0 Å². The van der Waals surface area contributed by atoms with E-state index in [1.807, 2.05) is 0 Å². The van der Waals surface area contributed by atoms with Gasteiger partial charge < -0.3 is 5.32 Å². The van der Waals surface area contributed by atoms with Gasteiger partial charge in [-0.1, -0.05) is 27.2 Å². The number of hydrogen-bond acceptors (Lipinski definition) is 1. The fraction of sp³-hybridized carbons (Fsp3) is 1.00. The molecule has 0 aromatic rings. The summed E-state index contributed by atoms with van der Waals surface area (Å²) in [7, 11) is 0. The SMILES string of the molecule is CCCNC1CCCC1CC(C)C. The lowest BCUT2D eigenvalue weighted by Gasteiger charge is -2.22. The van der Waals surface area contributed by atoms with Crippen molar-refractivity contribution in [2.45, 2.75) is 58.9 Å².